The van der Waals surface area contributed by atoms with Crippen LogP contribution in [0.25, 0.3) is 0 Å². The van der Waals surface area contributed by atoms with E-state index in [9.17, 15) is 4.79 Å². The molecular formula is C18H22N6O2. The van der Waals surface area contributed by atoms with Gasteiger partial charge in [-0.2, -0.15) is 5.10 Å². The molecule has 2 atom stereocenters. The Kier molecular flexibility index (Phi) is 4.75. The lowest BCUT2D eigenvalue weighted by molar-refractivity contribution is -0.0170. The molecule has 0 unspecified atom stereocenters. The number of piperidine rings is 1. The molecule has 0 radical (unpaired) electrons. The lowest BCUT2D eigenvalue weighted by Crippen LogP contribution is -2.49. The van der Waals surface area contributed by atoms with Gasteiger partial charge in [-0.1, -0.05) is 0 Å². The maximum absolute atomic E-state index is 12.6. The van der Waals surface area contributed by atoms with Crippen LogP contribution in [0.1, 0.15) is 22.6 Å². The molecule has 4 rings (SSSR count). The molecule has 2 saturated heterocycles. The van der Waals surface area contributed by atoms with Gasteiger partial charge in [0.05, 0.1) is 24.6 Å². The molecule has 0 aromatic carbocycles. The molecule has 8 nitrogen and oxygen atoms in total. The van der Waals surface area contributed by atoms with Gasteiger partial charge in [-0.15, -0.1) is 5.10 Å². The monoisotopic (exact) mass is 354 g/mol. The molecule has 2 aliphatic heterocycles. The highest BCUT2D eigenvalue weighted by Gasteiger charge is 2.36. The Morgan fingerprint density at radius 3 is 2.88 bits per heavy atom. The summed E-state index contributed by atoms with van der Waals surface area (Å²) in [7, 11) is 0. The standard InChI is InChI=1S/C18H22N6O2/c1-13-2-3-17(22-21-13)23-8-9-26-16-12-24(7-4-14(16)11-23)18(25)15-10-19-5-6-20-15/h2-3,5-6,10,14,16H,4,7-9,11-12H2,1H3/t14-,16-/m0/s1. The van der Waals surface area contributed by atoms with Gasteiger partial charge in [-0.3, -0.25) is 9.78 Å². The third-order valence-electron chi connectivity index (χ3n) is 5.02. The van der Waals surface area contributed by atoms with Gasteiger partial charge >= 0.3 is 0 Å². The fourth-order valence-electron chi connectivity index (χ4n) is 3.58. The van der Waals surface area contributed by atoms with Crippen molar-refractivity contribution in [1.82, 2.24) is 25.1 Å². The Bertz CT molecular complexity index is 754. The molecule has 26 heavy (non-hydrogen) atoms. The maximum atomic E-state index is 12.6. The zero-order valence-electron chi connectivity index (χ0n) is 14.8. The van der Waals surface area contributed by atoms with Gasteiger partial charge in [0.1, 0.15) is 5.69 Å². The molecular weight excluding hydrogens is 332 g/mol. The summed E-state index contributed by atoms with van der Waals surface area (Å²) in [6, 6.07) is 3.99. The highest BCUT2D eigenvalue weighted by molar-refractivity contribution is 5.92. The Morgan fingerprint density at radius 2 is 2.12 bits per heavy atom. The van der Waals surface area contributed by atoms with Crippen LogP contribution >= 0.6 is 0 Å². The van der Waals surface area contributed by atoms with Crippen molar-refractivity contribution in [2.24, 2.45) is 5.92 Å². The SMILES string of the molecule is Cc1ccc(N2CCO[C@H]3CN(C(=O)c4cnccn4)CC[C@H]3C2)nn1. The van der Waals surface area contributed by atoms with Crippen LogP contribution in [0.5, 0.6) is 0 Å². The second kappa shape index (κ2) is 7.33. The van der Waals surface area contributed by atoms with Crippen molar-refractivity contribution in [1.29, 1.82) is 0 Å². The summed E-state index contributed by atoms with van der Waals surface area (Å²) in [5, 5.41) is 8.46. The number of carbonyl (C=O) groups is 1. The summed E-state index contributed by atoms with van der Waals surface area (Å²) < 4.78 is 6.08. The number of hydrogen-bond donors (Lipinski definition) is 0. The minimum Gasteiger partial charge on any atom is -0.374 e. The summed E-state index contributed by atoms with van der Waals surface area (Å²) in [4.78, 5) is 24.8. The summed E-state index contributed by atoms with van der Waals surface area (Å²) >= 11 is 0. The zero-order valence-corrected chi connectivity index (χ0v) is 14.8. The molecule has 8 heteroatoms. The van der Waals surface area contributed by atoms with Crippen molar-refractivity contribution >= 4 is 11.7 Å². The first kappa shape index (κ1) is 16.8. The Hall–Kier alpha value is -2.61. The van der Waals surface area contributed by atoms with Crippen molar-refractivity contribution in [2.45, 2.75) is 19.4 Å². The van der Waals surface area contributed by atoms with Crippen molar-refractivity contribution in [3.63, 3.8) is 0 Å². The number of aromatic nitrogens is 4. The second-order valence-corrected chi connectivity index (χ2v) is 6.78. The number of aryl methyl sites for hydroxylation is 1. The molecule has 0 spiro atoms. The highest BCUT2D eigenvalue weighted by Crippen LogP contribution is 2.26. The number of carbonyl (C=O) groups excluding carboxylic acids is 1. The van der Waals surface area contributed by atoms with E-state index in [0.717, 1.165) is 31.0 Å². The second-order valence-electron chi connectivity index (χ2n) is 6.78. The average Bonchev–Trinajstić information content (AvgIpc) is 2.90. The van der Waals surface area contributed by atoms with Gasteiger partial charge < -0.3 is 14.5 Å². The largest absolute Gasteiger partial charge is 0.374 e. The predicted octanol–water partition coefficient (Wildman–Crippen LogP) is 0.943. The number of nitrogens with zero attached hydrogens (tertiary/aromatic N) is 6. The maximum Gasteiger partial charge on any atom is 0.274 e. The molecule has 136 valence electrons. The van der Waals surface area contributed by atoms with Gasteiger partial charge in [-0.05, 0) is 25.5 Å². The molecule has 0 bridgehead atoms. The number of fused-ring (bicyclic) bond motifs is 1. The fraction of sp³-hybridized carbons (Fsp3) is 0.500. The molecule has 0 saturated carbocycles. The van der Waals surface area contributed by atoms with E-state index in [4.69, 9.17) is 4.74 Å². The molecule has 0 N–H and O–H groups in total. The summed E-state index contributed by atoms with van der Waals surface area (Å²) in [6.07, 6.45) is 5.56. The lowest BCUT2D eigenvalue weighted by Gasteiger charge is -2.37. The van der Waals surface area contributed by atoms with Crippen molar-refractivity contribution in [2.75, 3.05) is 37.7 Å². The molecule has 2 fully saturated rings. The van der Waals surface area contributed by atoms with Gasteiger partial charge in [-0.25, -0.2) is 4.98 Å². The number of likely N-dealkylation sites (tertiary alicyclic amines) is 1. The first-order valence-corrected chi connectivity index (χ1v) is 8.93. The molecule has 2 aromatic rings. The number of rotatable bonds is 2. The van der Waals surface area contributed by atoms with Gasteiger partial charge in [0.2, 0.25) is 0 Å². The van der Waals surface area contributed by atoms with Crippen LogP contribution in [0.3, 0.4) is 0 Å². The zero-order chi connectivity index (χ0) is 17.9. The van der Waals surface area contributed by atoms with Gasteiger partial charge in [0.15, 0.2) is 5.82 Å². The van der Waals surface area contributed by atoms with Crippen molar-refractivity contribution in [3.8, 4) is 0 Å². The molecule has 4 heterocycles. The van der Waals surface area contributed by atoms with E-state index in [0.29, 0.717) is 31.3 Å². The van der Waals surface area contributed by atoms with E-state index < -0.39 is 0 Å². The van der Waals surface area contributed by atoms with Crippen LogP contribution < -0.4 is 4.90 Å². The van der Waals surface area contributed by atoms with Crippen molar-refractivity contribution in [3.05, 3.63) is 42.1 Å². The quantitative estimate of drug-likeness (QED) is 0.793. The van der Waals surface area contributed by atoms with Gasteiger partial charge in [0, 0.05) is 44.5 Å². The minimum atomic E-state index is -0.0781. The molecule has 2 aliphatic rings. The number of anilines is 1. The van der Waals surface area contributed by atoms with Crippen LogP contribution in [-0.4, -0.2) is 69.9 Å². The van der Waals surface area contributed by atoms with E-state index in [-0.39, 0.29) is 12.0 Å². The fourth-order valence-corrected chi connectivity index (χ4v) is 3.58. The van der Waals surface area contributed by atoms with Crippen molar-refractivity contribution < 1.29 is 9.53 Å². The topological polar surface area (TPSA) is 84.3 Å². The van der Waals surface area contributed by atoms with Crippen LogP contribution in [-0.2, 0) is 4.74 Å². The molecule has 2 aromatic heterocycles. The van der Waals surface area contributed by atoms with E-state index in [2.05, 4.69) is 25.1 Å². The third kappa shape index (κ3) is 3.50. The normalized spacial score (nSPS) is 23.3. The van der Waals surface area contributed by atoms with E-state index in [1.165, 1.54) is 6.20 Å². The smallest absolute Gasteiger partial charge is 0.274 e. The summed E-state index contributed by atoms with van der Waals surface area (Å²) in [5.41, 5.74) is 1.30. The first-order valence-electron chi connectivity index (χ1n) is 8.93. The van der Waals surface area contributed by atoms with E-state index in [1.54, 1.807) is 12.4 Å². The predicted molar refractivity (Wildman–Crippen MR) is 94.8 cm³/mol. The van der Waals surface area contributed by atoms with Gasteiger partial charge in [0.25, 0.3) is 5.91 Å². The minimum absolute atomic E-state index is 0.0350. The molecule has 0 aliphatic carbocycles. The van der Waals surface area contributed by atoms with Crippen LogP contribution in [0.2, 0.25) is 0 Å². The van der Waals surface area contributed by atoms with Crippen LogP contribution in [0.4, 0.5) is 5.82 Å². The van der Waals surface area contributed by atoms with E-state index in [1.807, 2.05) is 24.0 Å². The number of amides is 1. The Morgan fingerprint density at radius 1 is 1.19 bits per heavy atom. The summed E-state index contributed by atoms with van der Waals surface area (Å²) in [5.74, 6) is 1.18. The Balaban J connectivity index is 1.43. The van der Waals surface area contributed by atoms with Crippen LogP contribution in [0, 0.1) is 12.8 Å². The highest BCUT2D eigenvalue weighted by atomic mass is 16.5. The third-order valence-corrected chi connectivity index (χ3v) is 5.02. The Labute approximate surface area is 152 Å². The first-order chi connectivity index (χ1) is 12.7. The lowest BCUT2D eigenvalue weighted by atomic mass is 9.93. The van der Waals surface area contributed by atoms with E-state index >= 15 is 0 Å². The average molecular weight is 354 g/mol. The number of hydrogen-bond acceptors (Lipinski definition) is 7. The van der Waals surface area contributed by atoms with Crippen LogP contribution in [0.15, 0.2) is 30.7 Å². The summed E-state index contributed by atoms with van der Waals surface area (Å²) in [6.45, 7) is 5.49. The number of ether oxygens (including phenoxy) is 1. The molecule has 1 amide bonds.